The summed E-state index contributed by atoms with van der Waals surface area (Å²) in [6, 6.07) is 0. The van der Waals surface area contributed by atoms with Crippen molar-refractivity contribution in [3.05, 3.63) is 0 Å². The molecule has 0 aliphatic rings. The lowest BCUT2D eigenvalue weighted by molar-refractivity contribution is -0.139. The van der Waals surface area contributed by atoms with E-state index in [1.54, 1.807) is 6.92 Å². The summed E-state index contributed by atoms with van der Waals surface area (Å²) in [5.74, 6) is -3.04. The third kappa shape index (κ3) is 3.60. The minimum absolute atomic E-state index is 0.133. The largest absolute Gasteiger partial charge is 0.300 e. The van der Waals surface area contributed by atoms with Crippen LogP contribution in [0, 0.1) is 5.92 Å². The molecule has 4 heteroatoms. The lowest BCUT2D eigenvalue weighted by Crippen LogP contribution is -2.31. The Kier molecular flexibility index (Phi) is 4.91. The van der Waals surface area contributed by atoms with E-state index < -0.39 is 23.3 Å². The Morgan fingerprint density at radius 1 is 1.00 bits per heavy atom. The molecule has 0 N–H and O–H groups in total. The fourth-order valence-electron chi connectivity index (χ4n) is 1.18. The summed E-state index contributed by atoms with van der Waals surface area (Å²) in [5, 5.41) is 0. The topological polar surface area (TPSA) is 68.3 Å². The highest BCUT2D eigenvalue weighted by molar-refractivity contribution is 6.21. The van der Waals surface area contributed by atoms with Gasteiger partial charge in [0.1, 0.15) is 17.5 Å². The molecule has 0 bridgehead atoms. The van der Waals surface area contributed by atoms with Gasteiger partial charge in [-0.2, -0.15) is 0 Å². The summed E-state index contributed by atoms with van der Waals surface area (Å²) in [4.78, 5) is 44.2. The summed E-state index contributed by atoms with van der Waals surface area (Å²) in [7, 11) is 0. The van der Waals surface area contributed by atoms with Gasteiger partial charge in [0, 0.05) is 6.42 Å². The smallest absolute Gasteiger partial charge is 0.158 e. The van der Waals surface area contributed by atoms with Crippen molar-refractivity contribution in [1.29, 1.82) is 0 Å². The molecule has 0 rings (SSSR count). The molecule has 1 unspecified atom stereocenters. The number of hydrogen-bond donors (Lipinski definition) is 0. The number of hydrogen-bond acceptors (Lipinski definition) is 4. The van der Waals surface area contributed by atoms with Gasteiger partial charge in [-0.25, -0.2) is 0 Å². The quantitative estimate of drug-likeness (QED) is 0.590. The average Bonchev–Trinajstić information content (AvgIpc) is 2.01. The number of carbonyl (C=O) groups is 4. The second-order valence-electron chi connectivity index (χ2n) is 3.21. The Hall–Kier alpha value is -1.32. The van der Waals surface area contributed by atoms with Gasteiger partial charge in [-0.05, 0) is 13.8 Å². The van der Waals surface area contributed by atoms with Crippen LogP contribution in [0.4, 0.5) is 0 Å². The minimum atomic E-state index is -1.23. The summed E-state index contributed by atoms with van der Waals surface area (Å²) in [6.07, 6.45) is -0.204. The predicted molar refractivity (Wildman–Crippen MR) is 49.8 cm³/mol. The van der Waals surface area contributed by atoms with Gasteiger partial charge in [0.15, 0.2) is 11.6 Å². The van der Waals surface area contributed by atoms with Crippen LogP contribution in [0.15, 0.2) is 0 Å². The van der Waals surface area contributed by atoms with E-state index in [-0.39, 0.29) is 18.6 Å². The molecular weight excluding hydrogens is 184 g/mol. The molecule has 0 radical (unpaired) electrons. The molecule has 78 valence electrons. The van der Waals surface area contributed by atoms with Crippen LogP contribution < -0.4 is 0 Å². The molecular formula is C10H14O4. The van der Waals surface area contributed by atoms with Gasteiger partial charge in [-0.3, -0.25) is 19.2 Å². The Morgan fingerprint density at radius 2 is 1.50 bits per heavy atom. The highest BCUT2D eigenvalue weighted by Crippen LogP contribution is 2.08. The summed E-state index contributed by atoms with van der Waals surface area (Å²) in [5.41, 5.74) is 0. The lowest BCUT2D eigenvalue weighted by Gasteiger charge is -2.08. The van der Waals surface area contributed by atoms with Gasteiger partial charge >= 0.3 is 0 Å². The molecule has 0 aromatic rings. The molecule has 0 spiro atoms. The van der Waals surface area contributed by atoms with E-state index in [0.717, 1.165) is 0 Å². The predicted octanol–water partition coefficient (Wildman–Crippen LogP) is 0.719. The minimum Gasteiger partial charge on any atom is -0.300 e. The Balaban J connectivity index is 4.66. The monoisotopic (exact) mass is 198 g/mol. The summed E-state index contributed by atoms with van der Waals surface area (Å²) in [6.45, 7) is 4.03. The molecule has 0 aliphatic carbocycles. The molecule has 0 aliphatic heterocycles. The molecule has 0 fully saturated rings. The van der Waals surface area contributed by atoms with Crippen LogP contribution in [-0.4, -0.2) is 23.1 Å². The lowest BCUT2D eigenvalue weighted by atomic mass is 9.91. The van der Waals surface area contributed by atoms with Crippen molar-refractivity contribution < 1.29 is 19.2 Å². The van der Waals surface area contributed by atoms with E-state index in [1.807, 2.05) is 0 Å². The van der Waals surface area contributed by atoms with E-state index in [1.165, 1.54) is 13.8 Å². The van der Waals surface area contributed by atoms with Crippen LogP contribution >= 0.6 is 0 Å². The van der Waals surface area contributed by atoms with Gasteiger partial charge < -0.3 is 0 Å². The Morgan fingerprint density at radius 3 is 1.79 bits per heavy atom. The fraction of sp³-hybridized carbons (Fsp3) is 0.600. The second kappa shape index (κ2) is 5.42. The van der Waals surface area contributed by atoms with Gasteiger partial charge in [0.25, 0.3) is 0 Å². The van der Waals surface area contributed by atoms with Crippen LogP contribution in [0.25, 0.3) is 0 Å². The zero-order chi connectivity index (χ0) is 11.3. The highest BCUT2D eigenvalue weighted by Gasteiger charge is 2.29. The van der Waals surface area contributed by atoms with E-state index in [9.17, 15) is 19.2 Å². The first-order valence-corrected chi connectivity index (χ1v) is 4.45. The van der Waals surface area contributed by atoms with Crippen LogP contribution in [0.5, 0.6) is 0 Å². The molecule has 0 amide bonds. The molecule has 1 atom stereocenters. The van der Waals surface area contributed by atoms with Crippen molar-refractivity contribution in [2.45, 2.75) is 33.6 Å². The van der Waals surface area contributed by atoms with Gasteiger partial charge in [-0.15, -0.1) is 0 Å². The van der Waals surface area contributed by atoms with Crippen LogP contribution in [0.3, 0.4) is 0 Å². The SMILES string of the molecule is CCC(=O)C(C(C)=O)C(=O)CC(C)=O. The Labute approximate surface area is 82.7 Å². The van der Waals surface area contributed by atoms with Crippen molar-refractivity contribution in [2.75, 3.05) is 0 Å². The number of rotatable bonds is 6. The van der Waals surface area contributed by atoms with Crippen molar-refractivity contribution in [1.82, 2.24) is 0 Å². The van der Waals surface area contributed by atoms with Gasteiger partial charge in [-0.1, -0.05) is 6.92 Å². The third-order valence-electron chi connectivity index (χ3n) is 1.82. The third-order valence-corrected chi connectivity index (χ3v) is 1.82. The molecule has 0 aromatic carbocycles. The van der Waals surface area contributed by atoms with Gasteiger partial charge in [0.05, 0.1) is 6.42 Å². The van der Waals surface area contributed by atoms with E-state index in [2.05, 4.69) is 0 Å². The first-order chi connectivity index (χ1) is 6.40. The van der Waals surface area contributed by atoms with Crippen molar-refractivity contribution in [3.8, 4) is 0 Å². The van der Waals surface area contributed by atoms with E-state index >= 15 is 0 Å². The Bertz CT molecular complexity index is 278. The molecule has 14 heavy (non-hydrogen) atoms. The maximum Gasteiger partial charge on any atom is 0.158 e. The number of carbonyl (C=O) groups excluding carboxylic acids is 4. The van der Waals surface area contributed by atoms with E-state index in [0.29, 0.717) is 0 Å². The molecule has 0 saturated carbocycles. The van der Waals surface area contributed by atoms with Crippen molar-refractivity contribution in [3.63, 3.8) is 0 Å². The summed E-state index contributed by atoms with van der Waals surface area (Å²) >= 11 is 0. The second-order valence-corrected chi connectivity index (χ2v) is 3.21. The van der Waals surface area contributed by atoms with Crippen molar-refractivity contribution in [2.24, 2.45) is 5.92 Å². The first kappa shape index (κ1) is 12.7. The maximum atomic E-state index is 11.3. The van der Waals surface area contributed by atoms with Crippen molar-refractivity contribution >= 4 is 23.1 Å². The maximum absolute atomic E-state index is 11.3. The standard InChI is InChI=1S/C10H14O4/c1-4-8(13)10(7(3)12)9(14)5-6(2)11/h10H,4-5H2,1-3H3. The molecule has 4 nitrogen and oxygen atoms in total. The van der Waals surface area contributed by atoms with Gasteiger partial charge in [0.2, 0.25) is 0 Å². The normalized spacial score (nSPS) is 11.9. The van der Waals surface area contributed by atoms with E-state index in [4.69, 9.17) is 0 Å². The van der Waals surface area contributed by atoms with Crippen LogP contribution in [0.2, 0.25) is 0 Å². The molecule has 0 aromatic heterocycles. The molecule has 0 saturated heterocycles. The average molecular weight is 198 g/mol. The zero-order valence-corrected chi connectivity index (χ0v) is 8.62. The van der Waals surface area contributed by atoms with Crippen LogP contribution in [-0.2, 0) is 19.2 Å². The molecule has 0 heterocycles. The zero-order valence-electron chi connectivity index (χ0n) is 8.62. The fourth-order valence-corrected chi connectivity index (χ4v) is 1.18. The number of Topliss-reactive ketones (excluding diaryl/α,β-unsaturated/α-hetero) is 4. The van der Waals surface area contributed by atoms with Crippen LogP contribution in [0.1, 0.15) is 33.6 Å². The summed E-state index contributed by atoms with van der Waals surface area (Å²) < 4.78 is 0. The first-order valence-electron chi connectivity index (χ1n) is 4.45. The number of ketones is 4. The highest BCUT2D eigenvalue weighted by atomic mass is 16.2.